The molecule has 0 aliphatic rings. The van der Waals surface area contributed by atoms with E-state index >= 15 is 0 Å². The number of hydrogen-bond acceptors (Lipinski definition) is 4. The summed E-state index contributed by atoms with van der Waals surface area (Å²) in [6, 6.07) is 0.655. The predicted molar refractivity (Wildman–Crippen MR) is 60.8 cm³/mol. The molecule has 0 aliphatic heterocycles. The molecule has 1 amide bonds. The van der Waals surface area contributed by atoms with Gasteiger partial charge in [-0.25, -0.2) is 12.8 Å². The molecule has 17 heavy (non-hydrogen) atoms. The predicted octanol–water partition coefficient (Wildman–Crippen LogP) is 0.384. The minimum absolute atomic E-state index is 0.152. The molecule has 1 N–H and O–H groups in total. The first-order chi connectivity index (χ1) is 7.79. The van der Waals surface area contributed by atoms with Gasteiger partial charge in [0.15, 0.2) is 5.82 Å². The molecule has 1 rings (SSSR count). The van der Waals surface area contributed by atoms with Crippen molar-refractivity contribution < 1.29 is 17.6 Å². The van der Waals surface area contributed by atoms with Crippen LogP contribution in [0, 0.1) is 5.82 Å². The first-order valence-electron chi connectivity index (χ1n) is 4.87. The summed E-state index contributed by atoms with van der Waals surface area (Å²) in [6.07, 6.45) is 3.29. The zero-order valence-electron chi connectivity index (χ0n) is 9.47. The van der Waals surface area contributed by atoms with Crippen LogP contribution in [0.2, 0.25) is 0 Å². The summed E-state index contributed by atoms with van der Waals surface area (Å²) in [5.41, 5.74) is -0.152. The highest BCUT2D eigenvalue weighted by molar-refractivity contribution is 7.90. The van der Waals surface area contributed by atoms with Gasteiger partial charge in [-0.05, 0) is 13.0 Å². The number of pyridine rings is 1. The van der Waals surface area contributed by atoms with Gasteiger partial charge in [0.25, 0.3) is 5.91 Å². The Kier molecular flexibility index (Phi) is 4.17. The van der Waals surface area contributed by atoms with Crippen LogP contribution in [0.1, 0.15) is 17.3 Å². The molecule has 1 aromatic rings. The number of amides is 1. The number of aromatic nitrogens is 1. The Labute approximate surface area is 99.0 Å². The number of sulfone groups is 1. The maximum atomic E-state index is 13.2. The number of carbonyl (C=O) groups excluding carboxylic acids is 1. The second-order valence-corrected chi connectivity index (χ2v) is 6.01. The summed E-state index contributed by atoms with van der Waals surface area (Å²) >= 11 is 0. The fourth-order valence-corrected chi connectivity index (χ4v) is 2.35. The van der Waals surface area contributed by atoms with Gasteiger partial charge >= 0.3 is 0 Å². The molecule has 94 valence electrons. The van der Waals surface area contributed by atoms with Gasteiger partial charge in [-0.15, -0.1) is 0 Å². The van der Waals surface area contributed by atoms with Crippen molar-refractivity contribution in [2.75, 3.05) is 12.0 Å². The molecule has 0 aliphatic carbocycles. The summed E-state index contributed by atoms with van der Waals surface area (Å²) in [5.74, 6) is -1.58. The van der Waals surface area contributed by atoms with Crippen molar-refractivity contribution in [3.05, 3.63) is 29.8 Å². The fourth-order valence-electron chi connectivity index (χ4n) is 1.36. The van der Waals surface area contributed by atoms with E-state index in [-0.39, 0.29) is 11.3 Å². The lowest BCUT2D eigenvalue weighted by Crippen LogP contribution is -2.37. The molecule has 5 nitrogen and oxygen atoms in total. The van der Waals surface area contributed by atoms with Crippen molar-refractivity contribution in [1.29, 1.82) is 0 Å². The molecule has 0 fully saturated rings. The van der Waals surface area contributed by atoms with E-state index in [0.29, 0.717) is 0 Å². The second kappa shape index (κ2) is 5.22. The molecule has 0 spiro atoms. The summed E-state index contributed by atoms with van der Waals surface area (Å²) in [4.78, 5) is 15.1. The van der Waals surface area contributed by atoms with Gasteiger partial charge < -0.3 is 5.32 Å². The smallest absolute Gasteiger partial charge is 0.254 e. The quantitative estimate of drug-likeness (QED) is 0.849. The van der Waals surface area contributed by atoms with Crippen LogP contribution in [0.15, 0.2) is 18.5 Å². The van der Waals surface area contributed by atoms with Crippen LogP contribution in [0.3, 0.4) is 0 Å². The van der Waals surface area contributed by atoms with Crippen LogP contribution in [-0.4, -0.2) is 37.4 Å². The van der Waals surface area contributed by atoms with Gasteiger partial charge in [-0.2, -0.15) is 0 Å². The molecule has 1 unspecified atom stereocenters. The number of hydrogen-bond donors (Lipinski definition) is 1. The van der Waals surface area contributed by atoms with E-state index in [1.165, 1.54) is 19.2 Å². The van der Waals surface area contributed by atoms with Gasteiger partial charge in [0, 0.05) is 18.5 Å². The van der Waals surface area contributed by atoms with Crippen molar-refractivity contribution in [1.82, 2.24) is 10.3 Å². The Morgan fingerprint density at radius 2 is 2.24 bits per heavy atom. The van der Waals surface area contributed by atoms with Crippen LogP contribution in [-0.2, 0) is 9.84 Å². The van der Waals surface area contributed by atoms with Gasteiger partial charge in [-0.1, -0.05) is 0 Å². The standard InChI is InChI=1S/C10H13FN2O3S/c1-7(6-17(2,15)16)13-10(14)8-3-4-12-5-9(8)11/h3-5,7H,6H2,1-2H3,(H,13,14). The zero-order valence-corrected chi connectivity index (χ0v) is 10.3. The van der Waals surface area contributed by atoms with Crippen LogP contribution < -0.4 is 5.32 Å². The number of nitrogens with zero attached hydrogens (tertiary/aromatic N) is 1. The normalized spacial score (nSPS) is 13.1. The van der Waals surface area contributed by atoms with Crippen LogP contribution >= 0.6 is 0 Å². The van der Waals surface area contributed by atoms with E-state index in [9.17, 15) is 17.6 Å². The zero-order chi connectivity index (χ0) is 13.1. The molecule has 0 bridgehead atoms. The monoisotopic (exact) mass is 260 g/mol. The summed E-state index contributed by atoms with van der Waals surface area (Å²) in [6.45, 7) is 1.54. The molecule has 1 atom stereocenters. The largest absolute Gasteiger partial charge is 0.348 e. The maximum Gasteiger partial charge on any atom is 0.254 e. The highest BCUT2D eigenvalue weighted by atomic mass is 32.2. The van der Waals surface area contributed by atoms with E-state index in [1.807, 2.05) is 0 Å². The van der Waals surface area contributed by atoms with Gasteiger partial charge in [0.1, 0.15) is 9.84 Å². The first-order valence-corrected chi connectivity index (χ1v) is 6.94. The van der Waals surface area contributed by atoms with Crippen molar-refractivity contribution in [3.8, 4) is 0 Å². The van der Waals surface area contributed by atoms with Gasteiger partial charge in [0.2, 0.25) is 0 Å². The molecule has 0 saturated carbocycles. The Morgan fingerprint density at radius 3 is 2.76 bits per heavy atom. The topological polar surface area (TPSA) is 76.1 Å². The molecular weight excluding hydrogens is 247 g/mol. The molecular formula is C10H13FN2O3S. The number of halogens is 1. The molecule has 1 aromatic heterocycles. The molecule has 0 saturated heterocycles. The van der Waals surface area contributed by atoms with Crippen molar-refractivity contribution in [2.45, 2.75) is 13.0 Å². The fraction of sp³-hybridized carbons (Fsp3) is 0.400. The van der Waals surface area contributed by atoms with Gasteiger partial charge in [0.05, 0.1) is 17.5 Å². The lowest BCUT2D eigenvalue weighted by atomic mass is 10.2. The van der Waals surface area contributed by atoms with Crippen molar-refractivity contribution in [3.63, 3.8) is 0 Å². The lowest BCUT2D eigenvalue weighted by Gasteiger charge is -2.12. The molecule has 7 heteroatoms. The third kappa shape index (κ3) is 4.48. The summed E-state index contributed by atoms with van der Waals surface area (Å²) < 4.78 is 35.2. The Bertz CT molecular complexity index is 516. The molecule has 0 aromatic carbocycles. The average molecular weight is 260 g/mol. The summed E-state index contributed by atoms with van der Waals surface area (Å²) in [5, 5.41) is 2.41. The van der Waals surface area contributed by atoms with E-state index in [0.717, 1.165) is 12.5 Å². The lowest BCUT2D eigenvalue weighted by molar-refractivity contribution is 0.0939. The van der Waals surface area contributed by atoms with E-state index in [1.54, 1.807) is 0 Å². The third-order valence-corrected chi connectivity index (χ3v) is 3.05. The number of nitrogens with one attached hydrogen (secondary N) is 1. The number of rotatable bonds is 4. The number of carbonyl (C=O) groups is 1. The highest BCUT2D eigenvalue weighted by Gasteiger charge is 2.16. The highest BCUT2D eigenvalue weighted by Crippen LogP contribution is 2.04. The second-order valence-electron chi connectivity index (χ2n) is 3.82. The Balaban J connectivity index is 2.71. The summed E-state index contributed by atoms with van der Waals surface area (Å²) in [7, 11) is -3.18. The van der Waals surface area contributed by atoms with E-state index < -0.39 is 27.6 Å². The minimum atomic E-state index is -3.18. The average Bonchev–Trinajstić information content (AvgIpc) is 2.14. The van der Waals surface area contributed by atoms with Crippen molar-refractivity contribution >= 4 is 15.7 Å². The first kappa shape index (κ1) is 13.6. The van der Waals surface area contributed by atoms with E-state index in [4.69, 9.17) is 0 Å². The van der Waals surface area contributed by atoms with Crippen LogP contribution in [0.5, 0.6) is 0 Å². The van der Waals surface area contributed by atoms with Gasteiger partial charge in [-0.3, -0.25) is 9.78 Å². The SMILES string of the molecule is CC(CS(C)(=O)=O)NC(=O)c1ccncc1F. The molecule has 0 radical (unpaired) electrons. The molecule has 1 heterocycles. The minimum Gasteiger partial charge on any atom is -0.348 e. The Morgan fingerprint density at radius 1 is 1.59 bits per heavy atom. The third-order valence-electron chi connectivity index (χ3n) is 1.95. The van der Waals surface area contributed by atoms with Crippen LogP contribution in [0.25, 0.3) is 0 Å². The Hall–Kier alpha value is -1.50. The van der Waals surface area contributed by atoms with E-state index in [2.05, 4.69) is 10.3 Å². The maximum absolute atomic E-state index is 13.2. The van der Waals surface area contributed by atoms with Crippen LogP contribution in [0.4, 0.5) is 4.39 Å². The van der Waals surface area contributed by atoms with Crippen molar-refractivity contribution in [2.24, 2.45) is 0 Å².